The molecular formula is C35H32ClF3N2O5. The number of amides is 2. The first-order chi connectivity index (χ1) is 22.0. The van der Waals surface area contributed by atoms with Crippen molar-refractivity contribution in [3.63, 3.8) is 0 Å². The molecule has 2 amide bonds. The normalized spacial score (nSPS) is 20.7. The molecule has 0 radical (unpaired) electrons. The molecule has 3 aromatic carbocycles. The zero-order valence-electron chi connectivity index (χ0n) is 25.0. The number of carbonyl (C=O) groups excluding carboxylic acids is 4. The van der Waals surface area contributed by atoms with Crippen LogP contribution >= 0.6 is 11.6 Å². The zero-order valence-corrected chi connectivity index (χ0v) is 25.7. The standard InChI is InChI=1S/C35H32ClF3N2O5/c1-22(42)15-17-28(30(43)18-16-24-11-8-14-26(19-24)35(37,38)39)40-31(27(36)20-23-9-4-2-5-10-23)32(33(40)44)41-29(21-46-34(41)45)25-12-6-3-7-13-25/h2-14,19-20,28-29,31-32H,15-18,21H2,1H3/b27-20-/t28-,29+,31+,32-/m0/s1. The van der Waals surface area contributed by atoms with Crippen molar-refractivity contribution in [1.29, 1.82) is 0 Å². The van der Waals surface area contributed by atoms with Crippen LogP contribution in [0.5, 0.6) is 0 Å². The molecule has 240 valence electrons. The van der Waals surface area contributed by atoms with Crippen molar-refractivity contribution < 1.29 is 37.1 Å². The molecule has 46 heavy (non-hydrogen) atoms. The highest BCUT2D eigenvalue weighted by atomic mass is 35.5. The Morgan fingerprint density at radius 1 is 0.978 bits per heavy atom. The van der Waals surface area contributed by atoms with E-state index in [9.17, 15) is 32.3 Å². The van der Waals surface area contributed by atoms with Crippen LogP contribution in [0.2, 0.25) is 0 Å². The number of ketones is 2. The number of halogens is 4. The predicted octanol–water partition coefficient (Wildman–Crippen LogP) is 7.00. The van der Waals surface area contributed by atoms with Crippen molar-refractivity contribution in [3.05, 3.63) is 112 Å². The second-order valence-corrected chi connectivity index (χ2v) is 11.8. The number of cyclic esters (lactones) is 1. The van der Waals surface area contributed by atoms with Crippen LogP contribution in [-0.4, -0.2) is 58.1 Å². The minimum absolute atomic E-state index is 0.00241. The quantitative estimate of drug-likeness (QED) is 0.197. The van der Waals surface area contributed by atoms with Gasteiger partial charge in [0.1, 0.15) is 18.4 Å². The van der Waals surface area contributed by atoms with Crippen LogP contribution in [-0.2, 0) is 31.7 Å². The summed E-state index contributed by atoms with van der Waals surface area (Å²) in [6.45, 7) is 1.39. The number of Topliss-reactive ketones (excluding diaryl/α,β-unsaturated/α-hetero) is 2. The summed E-state index contributed by atoms with van der Waals surface area (Å²) in [5.41, 5.74) is 0.970. The molecule has 0 aromatic heterocycles. The largest absolute Gasteiger partial charge is 0.447 e. The summed E-state index contributed by atoms with van der Waals surface area (Å²) in [5, 5.41) is 0.195. The number of rotatable bonds is 12. The predicted molar refractivity (Wildman–Crippen MR) is 166 cm³/mol. The van der Waals surface area contributed by atoms with Crippen LogP contribution in [0.1, 0.15) is 54.5 Å². The Bertz CT molecular complexity index is 1630. The summed E-state index contributed by atoms with van der Waals surface area (Å²) < 4.78 is 45.2. The maximum Gasteiger partial charge on any atom is 0.416 e. The molecular weight excluding hydrogens is 621 g/mol. The van der Waals surface area contributed by atoms with Crippen LogP contribution < -0.4 is 0 Å². The number of hydrogen-bond donors (Lipinski definition) is 0. The van der Waals surface area contributed by atoms with Crippen molar-refractivity contribution in [3.8, 4) is 0 Å². The van der Waals surface area contributed by atoms with E-state index in [0.29, 0.717) is 5.56 Å². The highest BCUT2D eigenvalue weighted by molar-refractivity contribution is 6.33. The minimum Gasteiger partial charge on any atom is -0.447 e. The van der Waals surface area contributed by atoms with Gasteiger partial charge in [-0.05, 0) is 48.6 Å². The number of β-lactam (4-membered cyclic amide) rings is 1. The van der Waals surface area contributed by atoms with E-state index in [-0.39, 0.29) is 43.1 Å². The number of benzene rings is 3. The van der Waals surface area contributed by atoms with E-state index in [4.69, 9.17) is 16.3 Å². The molecule has 0 aliphatic carbocycles. The lowest BCUT2D eigenvalue weighted by atomic mass is 9.85. The number of aryl methyl sites for hydroxylation is 1. The van der Waals surface area contributed by atoms with Crippen molar-refractivity contribution in [1.82, 2.24) is 9.80 Å². The molecule has 11 heteroatoms. The third kappa shape index (κ3) is 7.17. The molecule has 2 aliphatic heterocycles. The summed E-state index contributed by atoms with van der Waals surface area (Å²) in [5.74, 6) is -1.16. The molecule has 0 bridgehead atoms. The van der Waals surface area contributed by atoms with Crippen molar-refractivity contribution in [2.45, 2.75) is 63.0 Å². The Kier molecular flexibility index (Phi) is 9.96. The second-order valence-electron chi connectivity index (χ2n) is 11.4. The van der Waals surface area contributed by atoms with E-state index in [1.54, 1.807) is 6.08 Å². The van der Waals surface area contributed by atoms with Gasteiger partial charge in [-0.15, -0.1) is 0 Å². The summed E-state index contributed by atoms with van der Waals surface area (Å²) in [6, 6.07) is 19.2. The number of hydrogen-bond acceptors (Lipinski definition) is 5. The number of alkyl halides is 3. The lowest BCUT2D eigenvalue weighted by Crippen LogP contribution is -2.74. The van der Waals surface area contributed by atoms with E-state index < -0.39 is 53.7 Å². The van der Waals surface area contributed by atoms with Crippen LogP contribution in [0.25, 0.3) is 6.08 Å². The van der Waals surface area contributed by atoms with E-state index in [1.165, 1.54) is 28.9 Å². The molecule has 4 atom stereocenters. The molecule has 2 saturated heterocycles. The highest BCUT2D eigenvalue weighted by Crippen LogP contribution is 2.42. The van der Waals surface area contributed by atoms with E-state index in [1.807, 2.05) is 60.7 Å². The van der Waals surface area contributed by atoms with Gasteiger partial charge in [0.25, 0.3) is 0 Å². The van der Waals surface area contributed by atoms with Crippen LogP contribution in [0.4, 0.5) is 18.0 Å². The third-order valence-electron chi connectivity index (χ3n) is 8.28. The molecule has 0 unspecified atom stereocenters. The van der Waals surface area contributed by atoms with Crippen LogP contribution in [0.3, 0.4) is 0 Å². The first kappa shape index (κ1) is 32.9. The topological polar surface area (TPSA) is 84.0 Å². The fourth-order valence-electron chi connectivity index (χ4n) is 6.00. The third-order valence-corrected chi connectivity index (χ3v) is 8.61. The van der Waals surface area contributed by atoms with Crippen molar-refractivity contribution >= 4 is 41.2 Å². The second kappa shape index (κ2) is 13.9. The summed E-state index contributed by atoms with van der Waals surface area (Å²) in [6.07, 6.45) is -3.77. The van der Waals surface area contributed by atoms with Gasteiger partial charge in [-0.2, -0.15) is 13.2 Å². The number of carbonyl (C=O) groups is 4. The minimum atomic E-state index is -4.54. The average Bonchev–Trinajstić information content (AvgIpc) is 3.40. The van der Waals surface area contributed by atoms with E-state index >= 15 is 0 Å². The lowest BCUT2D eigenvalue weighted by Gasteiger charge is -2.53. The first-order valence-electron chi connectivity index (χ1n) is 14.9. The molecule has 5 rings (SSSR count). The highest BCUT2D eigenvalue weighted by Gasteiger charge is 2.59. The molecule has 7 nitrogen and oxygen atoms in total. The summed E-state index contributed by atoms with van der Waals surface area (Å²) >= 11 is 6.94. The zero-order chi connectivity index (χ0) is 33.0. The Hall–Kier alpha value is -4.44. The van der Waals surface area contributed by atoms with Crippen LogP contribution in [0, 0.1) is 0 Å². The van der Waals surface area contributed by atoms with Crippen molar-refractivity contribution in [2.75, 3.05) is 6.61 Å². The van der Waals surface area contributed by atoms with Crippen molar-refractivity contribution in [2.24, 2.45) is 0 Å². The van der Waals surface area contributed by atoms with Gasteiger partial charge in [0.05, 0.1) is 23.7 Å². The Morgan fingerprint density at radius 3 is 2.30 bits per heavy atom. The van der Waals surface area contributed by atoms with Gasteiger partial charge in [-0.1, -0.05) is 90.5 Å². The number of nitrogens with zero attached hydrogens (tertiary/aromatic N) is 2. The van der Waals surface area contributed by atoms with E-state index in [2.05, 4.69) is 0 Å². The number of ether oxygens (including phenoxy) is 1. The molecule has 0 N–H and O–H groups in total. The molecule has 0 spiro atoms. The molecule has 0 saturated carbocycles. The van der Waals surface area contributed by atoms with Gasteiger partial charge in [0.2, 0.25) is 5.91 Å². The average molecular weight is 653 g/mol. The van der Waals surface area contributed by atoms with E-state index in [0.717, 1.165) is 23.3 Å². The Morgan fingerprint density at radius 2 is 1.65 bits per heavy atom. The summed E-state index contributed by atoms with van der Waals surface area (Å²) in [4.78, 5) is 55.7. The van der Waals surface area contributed by atoms with Gasteiger partial charge < -0.3 is 14.4 Å². The van der Waals surface area contributed by atoms with Gasteiger partial charge >= 0.3 is 12.3 Å². The SMILES string of the molecule is CC(=O)CC[C@@H](C(=O)CCc1cccc(C(F)(F)F)c1)N1C(=O)[C@@H](N2C(=O)OC[C@@H]2c2ccccc2)[C@H]1/C(Cl)=C/c1ccccc1. The maximum absolute atomic E-state index is 14.1. The number of likely N-dealkylation sites (tertiary alicyclic amines) is 1. The Balaban J connectivity index is 1.48. The molecule has 3 aromatic rings. The fraction of sp³-hybridized carbons (Fsp3) is 0.314. The van der Waals surface area contributed by atoms with Gasteiger partial charge in [0, 0.05) is 17.9 Å². The molecule has 2 fully saturated rings. The fourth-order valence-corrected chi connectivity index (χ4v) is 6.35. The molecule has 2 heterocycles. The monoisotopic (exact) mass is 652 g/mol. The summed E-state index contributed by atoms with van der Waals surface area (Å²) in [7, 11) is 0. The maximum atomic E-state index is 14.1. The van der Waals surface area contributed by atoms with Gasteiger partial charge in [-0.3, -0.25) is 14.5 Å². The van der Waals surface area contributed by atoms with Crippen LogP contribution in [0.15, 0.2) is 90.0 Å². The van der Waals surface area contributed by atoms with Gasteiger partial charge in [-0.25, -0.2) is 4.79 Å². The Labute approximate surface area is 269 Å². The first-order valence-corrected chi connectivity index (χ1v) is 15.3. The molecule has 2 aliphatic rings. The smallest absolute Gasteiger partial charge is 0.416 e. The van der Waals surface area contributed by atoms with Gasteiger partial charge in [0.15, 0.2) is 5.78 Å². The lowest BCUT2D eigenvalue weighted by molar-refractivity contribution is -0.163.